The number of likely N-dealkylation sites (N-methyl/N-ethyl adjacent to an activating group) is 1. The van der Waals surface area contributed by atoms with Gasteiger partial charge in [0.1, 0.15) is 18.2 Å². The number of fused-ring (bicyclic) bond motifs is 1. The van der Waals surface area contributed by atoms with E-state index in [1.54, 1.807) is 29.0 Å². The molecule has 0 fully saturated rings. The molecule has 0 saturated carbocycles. The molecule has 0 radical (unpaired) electrons. The lowest BCUT2D eigenvalue weighted by atomic mass is 9.97. The van der Waals surface area contributed by atoms with Crippen LogP contribution in [0.4, 0.5) is 4.39 Å². The number of pyridine rings is 1. The summed E-state index contributed by atoms with van der Waals surface area (Å²) in [6.07, 6.45) is 3.69. The second-order valence-electron chi connectivity index (χ2n) is 7.65. The highest BCUT2D eigenvalue weighted by Crippen LogP contribution is 2.20. The van der Waals surface area contributed by atoms with Crippen molar-refractivity contribution in [2.24, 2.45) is 0 Å². The molecule has 4 rings (SSSR count). The zero-order valence-corrected chi connectivity index (χ0v) is 16.6. The highest BCUT2D eigenvalue weighted by Gasteiger charge is 2.13. The molecule has 2 aromatic carbocycles. The van der Waals surface area contributed by atoms with Gasteiger partial charge in [-0.2, -0.15) is 0 Å². The number of halogens is 1. The van der Waals surface area contributed by atoms with E-state index in [0.717, 1.165) is 31.5 Å². The molecule has 0 aliphatic carbocycles. The van der Waals surface area contributed by atoms with Crippen molar-refractivity contribution >= 4 is 0 Å². The van der Waals surface area contributed by atoms with E-state index in [1.807, 2.05) is 0 Å². The van der Waals surface area contributed by atoms with Crippen LogP contribution in [0.3, 0.4) is 0 Å². The van der Waals surface area contributed by atoms with Crippen LogP contribution in [0.2, 0.25) is 0 Å². The Labute approximate surface area is 170 Å². The topological polar surface area (TPSA) is 34.5 Å². The summed E-state index contributed by atoms with van der Waals surface area (Å²) >= 11 is 0. The number of rotatable bonds is 6. The minimum atomic E-state index is -0.276. The first-order valence-electron chi connectivity index (χ1n) is 9.94. The average Bonchev–Trinajstić information content (AvgIpc) is 2.72. The lowest BCUT2D eigenvalue weighted by Crippen LogP contribution is -2.26. The van der Waals surface area contributed by atoms with Crippen LogP contribution in [0.1, 0.15) is 22.3 Å². The van der Waals surface area contributed by atoms with Gasteiger partial charge in [0.25, 0.3) is 5.56 Å². The van der Waals surface area contributed by atoms with E-state index in [-0.39, 0.29) is 11.4 Å². The van der Waals surface area contributed by atoms with Crippen molar-refractivity contribution in [3.8, 4) is 5.75 Å². The molecule has 0 unspecified atom stereocenters. The Morgan fingerprint density at radius 3 is 2.59 bits per heavy atom. The van der Waals surface area contributed by atoms with Crippen molar-refractivity contribution < 1.29 is 9.13 Å². The van der Waals surface area contributed by atoms with Gasteiger partial charge in [-0.15, -0.1) is 0 Å². The van der Waals surface area contributed by atoms with Gasteiger partial charge in [0.2, 0.25) is 0 Å². The van der Waals surface area contributed by atoms with Crippen molar-refractivity contribution in [1.82, 2.24) is 9.47 Å². The maximum Gasteiger partial charge on any atom is 0.254 e. The van der Waals surface area contributed by atoms with E-state index in [1.165, 1.54) is 34.9 Å². The SMILES string of the molecule is CN1CCc2ccc(CCn3ccc(OCc4ccc(F)cc4)cc3=O)cc2C1. The molecular formula is C24H25FN2O2. The van der Waals surface area contributed by atoms with E-state index >= 15 is 0 Å². The molecule has 3 aromatic rings. The quantitative estimate of drug-likeness (QED) is 0.640. The monoisotopic (exact) mass is 392 g/mol. The predicted octanol–water partition coefficient (Wildman–Crippen LogP) is 3.80. The number of nitrogens with zero attached hydrogens (tertiary/aromatic N) is 2. The summed E-state index contributed by atoms with van der Waals surface area (Å²) < 4.78 is 20.3. The van der Waals surface area contributed by atoms with Crippen LogP contribution >= 0.6 is 0 Å². The second kappa shape index (κ2) is 8.62. The minimum absolute atomic E-state index is 0.0840. The molecule has 0 saturated heterocycles. The fraction of sp³-hybridized carbons (Fsp3) is 0.292. The summed E-state index contributed by atoms with van der Waals surface area (Å²) in [6, 6.07) is 16.1. The number of benzene rings is 2. The molecule has 0 amide bonds. The maximum absolute atomic E-state index is 13.0. The van der Waals surface area contributed by atoms with Crippen molar-refractivity contribution in [2.45, 2.75) is 32.5 Å². The Morgan fingerprint density at radius 2 is 1.79 bits per heavy atom. The first kappa shape index (κ1) is 19.4. The van der Waals surface area contributed by atoms with Gasteiger partial charge in [0.15, 0.2) is 0 Å². The van der Waals surface area contributed by atoms with Crippen LogP contribution in [0, 0.1) is 5.82 Å². The zero-order valence-electron chi connectivity index (χ0n) is 16.6. The van der Waals surface area contributed by atoms with Crippen molar-refractivity contribution in [1.29, 1.82) is 0 Å². The van der Waals surface area contributed by atoms with Crippen LogP contribution in [0.25, 0.3) is 0 Å². The number of aryl methyl sites for hydroxylation is 2. The summed E-state index contributed by atoms with van der Waals surface area (Å²) in [5.41, 5.74) is 4.86. The molecule has 0 bridgehead atoms. The predicted molar refractivity (Wildman–Crippen MR) is 112 cm³/mol. The van der Waals surface area contributed by atoms with E-state index < -0.39 is 0 Å². The molecular weight excluding hydrogens is 367 g/mol. The fourth-order valence-corrected chi connectivity index (χ4v) is 3.67. The molecule has 4 nitrogen and oxygen atoms in total. The third-order valence-electron chi connectivity index (χ3n) is 5.40. The largest absolute Gasteiger partial charge is 0.489 e. The molecule has 0 spiro atoms. The lowest BCUT2D eigenvalue weighted by molar-refractivity contribution is 0.304. The molecule has 1 aromatic heterocycles. The molecule has 5 heteroatoms. The highest BCUT2D eigenvalue weighted by atomic mass is 19.1. The van der Waals surface area contributed by atoms with E-state index in [9.17, 15) is 9.18 Å². The van der Waals surface area contributed by atoms with Crippen LogP contribution in [-0.4, -0.2) is 23.1 Å². The van der Waals surface area contributed by atoms with E-state index in [0.29, 0.717) is 18.9 Å². The van der Waals surface area contributed by atoms with Gasteiger partial charge in [-0.1, -0.05) is 30.3 Å². The summed E-state index contributed by atoms with van der Waals surface area (Å²) in [7, 11) is 2.15. The van der Waals surface area contributed by atoms with Crippen molar-refractivity contribution in [3.05, 3.63) is 99.2 Å². The Kier molecular flexibility index (Phi) is 5.76. The number of hydrogen-bond acceptors (Lipinski definition) is 3. The van der Waals surface area contributed by atoms with Gasteiger partial charge >= 0.3 is 0 Å². The van der Waals surface area contributed by atoms with Crippen molar-refractivity contribution in [2.75, 3.05) is 13.6 Å². The minimum Gasteiger partial charge on any atom is -0.489 e. The van der Waals surface area contributed by atoms with Gasteiger partial charge < -0.3 is 14.2 Å². The van der Waals surface area contributed by atoms with Crippen molar-refractivity contribution in [3.63, 3.8) is 0 Å². The van der Waals surface area contributed by atoms with Gasteiger partial charge in [-0.3, -0.25) is 4.79 Å². The zero-order chi connectivity index (χ0) is 20.2. The average molecular weight is 392 g/mol. The molecule has 2 heterocycles. The summed E-state index contributed by atoms with van der Waals surface area (Å²) in [5.74, 6) is 0.245. The molecule has 1 aliphatic heterocycles. The first-order chi connectivity index (χ1) is 14.1. The Morgan fingerprint density at radius 1 is 1.00 bits per heavy atom. The van der Waals surface area contributed by atoms with Crippen LogP contribution in [-0.2, 0) is 32.5 Å². The maximum atomic E-state index is 13.0. The Balaban J connectivity index is 1.36. The second-order valence-corrected chi connectivity index (χ2v) is 7.65. The smallest absolute Gasteiger partial charge is 0.254 e. The third kappa shape index (κ3) is 4.93. The Hall–Kier alpha value is -2.92. The summed E-state index contributed by atoms with van der Waals surface area (Å²) in [5, 5.41) is 0. The third-order valence-corrected chi connectivity index (χ3v) is 5.40. The highest BCUT2D eigenvalue weighted by molar-refractivity contribution is 5.34. The van der Waals surface area contributed by atoms with Gasteiger partial charge in [0.05, 0.1) is 0 Å². The van der Waals surface area contributed by atoms with Crippen LogP contribution < -0.4 is 10.3 Å². The molecule has 1 aliphatic rings. The van der Waals surface area contributed by atoms with E-state index in [4.69, 9.17) is 4.74 Å². The number of ether oxygens (including phenoxy) is 1. The first-order valence-corrected chi connectivity index (χ1v) is 9.94. The van der Waals surface area contributed by atoms with Gasteiger partial charge in [0, 0.05) is 31.9 Å². The lowest BCUT2D eigenvalue weighted by Gasteiger charge is -2.25. The fourth-order valence-electron chi connectivity index (χ4n) is 3.67. The van der Waals surface area contributed by atoms with Crippen LogP contribution in [0.5, 0.6) is 5.75 Å². The summed E-state index contributed by atoms with van der Waals surface area (Å²) in [4.78, 5) is 14.8. The Bertz CT molecular complexity index is 1040. The molecule has 150 valence electrons. The molecule has 29 heavy (non-hydrogen) atoms. The standard InChI is InChI=1S/C24H25FN2O2/c1-26-11-9-20-5-2-18(14-21(20)16-26)8-12-27-13-10-23(15-24(27)28)29-17-19-3-6-22(25)7-4-19/h2-7,10,13-15H,8-9,11-12,16-17H2,1H3. The molecule has 0 N–H and O–H groups in total. The van der Waals surface area contributed by atoms with E-state index in [2.05, 4.69) is 30.1 Å². The number of aromatic nitrogens is 1. The van der Waals surface area contributed by atoms with Gasteiger partial charge in [-0.25, -0.2) is 4.39 Å². The number of hydrogen-bond donors (Lipinski definition) is 0. The normalized spacial score (nSPS) is 13.9. The van der Waals surface area contributed by atoms with Gasteiger partial charge in [-0.05, 0) is 60.3 Å². The summed E-state index contributed by atoms with van der Waals surface area (Å²) in [6.45, 7) is 3.03. The molecule has 0 atom stereocenters. The van der Waals surface area contributed by atoms with Crippen LogP contribution in [0.15, 0.2) is 65.6 Å².